The number of pyridine rings is 1. The van der Waals surface area contributed by atoms with Crippen molar-refractivity contribution >= 4 is 26.6 Å². The second-order valence-electron chi connectivity index (χ2n) is 6.97. The number of carbonyl (C=O) groups excluding carboxylic acids is 1. The third-order valence-corrected chi connectivity index (χ3v) is 7.13. The minimum Gasteiger partial charge on any atom is -0.361 e. The molecule has 1 atom stereocenters. The molecule has 2 aromatic heterocycles. The summed E-state index contributed by atoms with van der Waals surface area (Å²) >= 11 is 0. The average molecular weight is 420 g/mol. The Kier molecular flexibility index (Phi) is 5.63. The van der Waals surface area contributed by atoms with Gasteiger partial charge in [-0.15, -0.1) is 0 Å². The largest absolute Gasteiger partial charge is 0.361 e. The molecule has 0 aliphatic heterocycles. The van der Waals surface area contributed by atoms with Crippen LogP contribution < -0.4 is 5.32 Å². The molecule has 0 saturated heterocycles. The zero-order valence-electron chi connectivity index (χ0n) is 16.2. The summed E-state index contributed by atoms with van der Waals surface area (Å²) in [6.07, 6.45) is 5.08. The lowest BCUT2D eigenvalue weighted by molar-refractivity contribution is -0.120. The Hall–Kier alpha value is -3.45. The molecule has 0 saturated carbocycles. The van der Waals surface area contributed by atoms with Gasteiger partial charge in [0.1, 0.15) is 5.25 Å². The predicted octanol–water partition coefficient (Wildman–Crippen LogP) is 3.44. The van der Waals surface area contributed by atoms with Crippen LogP contribution in [0.25, 0.3) is 10.9 Å². The summed E-state index contributed by atoms with van der Waals surface area (Å²) in [6, 6.07) is 19.4. The van der Waals surface area contributed by atoms with Gasteiger partial charge >= 0.3 is 0 Å². The standard InChI is InChI=1S/C23H21N3O3S/c27-23(13-18-15-25-21-11-5-4-10-20(18)21)26-16-22(17-7-6-12-24-14-17)30(28,29)19-8-2-1-3-9-19/h1-12,14-15,22,25H,13,16H2,(H,26,27)/t22-/m0/s1. The number of nitrogens with zero attached hydrogens (tertiary/aromatic N) is 1. The highest BCUT2D eigenvalue weighted by atomic mass is 32.2. The molecule has 0 bridgehead atoms. The van der Waals surface area contributed by atoms with Gasteiger partial charge in [-0.25, -0.2) is 8.42 Å². The van der Waals surface area contributed by atoms with Crippen LogP contribution in [0.2, 0.25) is 0 Å². The number of aromatic nitrogens is 2. The van der Waals surface area contributed by atoms with Gasteiger partial charge in [-0.1, -0.05) is 42.5 Å². The van der Waals surface area contributed by atoms with Crippen LogP contribution in [0.5, 0.6) is 0 Å². The first-order valence-electron chi connectivity index (χ1n) is 9.56. The van der Waals surface area contributed by atoms with E-state index in [1.54, 1.807) is 48.7 Å². The van der Waals surface area contributed by atoms with Gasteiger partial charge in [0.05, 0.1) is 11.3 Å². The molecule has 4 aromatic rings. The lowest BCUT2D eigenvalue weighted by Gasteiger charge is -2.18. The summed E-state index contributed by atoms with van der Waals surface area (Å²) in [6.45, 7) is -0.0376. The van der Waals surface area contributed by atoms with Gasteiger partial charge in [-0.3, -0.25) is 9.78 Å². The van der Waals surface area contributed by atoms with Gasteiger partial charge in [-0.05, 0) is 35.4 Å². The van der Waals surface area contributed by atoms with Crippen LogP contribution in [0, 0.1) is 0 Å². The molecule has 30 heavy (non-hydrogen) atoms. The molecule has 6 nitrogen and oxygen atoms in total. The van der Waals surface area contributed by atoms with Crippen LogP contribution in [0.15, 0.2) is 90.2 Å². The smallest absolute Gasteiger partial charge is 0.224 e. The van der Waals surface area contributed by atoms with Crippen LogP contribution >= 0.6 is 0 Å². The molecule has 4 rings (SSSR count). The first kappa shape index (κ1) is 19.8. The SMILES string of the molecule is O=C(Cc1c[nH]c2ccccc12)NC[C@@H](c1cccnc1)S(=O)(=O)c1ccccc1. The van der Waals surface area contributed by atoms with Gasteiger partial charge in [0.25, 0.3) is 0 Å². The summed E-state index contributed by atoms with van der Waals surface area (Å²) in [5, 5.41) is 2.85. The van der Waals surface area contributed by atoms with Crippen molar-refractivity contribution in [2.75, 3.05) is 6.54 Å². The van der Waals surface area contributed by atoms with Gasteiger partial charge in [-0.2, -0.15) is 0 Å². The second kappa shape index (κ2) is 8.51. The Labute approximate surface area is 174 Å². The third kappa shape index (κ3) is 4.11. The average Bonchev–Trinajstić information content (AvgIpc) is 3.18. The minimum absolute atomic E-state index is 0.0376. The van der Waals surface area contributed by atoms with Crippen LogP contribution in [-0.4, -0.2) is 30.8 Å². The van der Waals surface area contributed by atoms with E-state index in [4.69, 9.17) is 0 Å². The lowest BCUT2D eigenvalue weighted by atomic mass is 10.1. The molecule has 0 aliphatic carbocycles. The number of sulfone groups is 1. The van der Waals surface area contributed by atoms with Crippen molar-refractivity contribution in [1.29, 1.82) is 0 Å². The van der Waals surface area contributed by atoms with E-state index in [-0.39, 0.29) is 23.8 Å². The molecule has 2 aromatic carbocycles. The van der Waals surface area contributed by atoms with Crippen LogP contribution in [0.3, 0.4) is 0 Å². The van der Waals surface area contributed by atoms with Crippen molar-refractivity contribution in [2.24, 2.45) is 0 Å². The van der Waals surface area contributed by atoms with Gasteiger partial charge in [0.15, 0.2) is 9.84 Å². The van der Waals surface area contributed by atoms with E-state index < -0.39 is 15.1 Å². The molecule has 0 spiro atoms. The van der Waals surface area contributed by atoms with E-state index >= 15 is 0 Å². The number of hydrogen-bond donors (Lipinski definition) is 2. The zero-order valence-corrected chi connectivity index (χ0v) is 17.0. The number of benzene rings is 2. The molecule has 0 fully saturated rings. The number of fused-ring (bicyclic) bond motifs is 1. The summed E-state index contributed by atoms with van der Waals surface area (Å²) in [4.78, 5) is 20.0. The Bertz CT molecular complexity index is 1250. The number of rotatable bonds is 7. The number of aromatic amines is 1. The number of carbonyl (C=O) groups is 1. The maximum Gasteiger partial charge on any atom is 0.224 e. The molecule has 152 valence electrons. The van der Waals surface area contributed by atoms with Gasteiger partial charge in [0.2, 0.25) is 5.91 Å². The maximum absolute atomic E-state index is 13.3. The molecule has 2 N–H and O–H groups in total. The Morgan fingerprint density at radius 2 is 1.77 bits per heavy atom. The van der Waals surface area contributed by atoms with E-state index in [1.807, 2.05) is 30.5 Å². The van der Waals surface area contributed by atoms with Crippen LogP contribution in [0.4, 0.5) is 0 Å². The maximum atomic E-state index is 13.3. The molecule has 2 heterocycles. The monoisotopic (exact) mass is 419 g/mol. The van der Waals surface area contributed by atoms with Gasteiger partial charge in [0, 0.05) is 36.0 Å². The lowest BCUT2D eigenvalue weighted by Crippen LogP contribution is -2.33. The highest BCUT2D eigenvalue weighted by molar-refractivity contribution is 7.91. The number of amides is 1. The Morgan fingerprint density at radius 1 is 1.00 bits per heavy atom. The third-order valence-electron chi connectivity index (χ3n) is 5.01. The molecular weight excluding hydrogens is 398 g/mol. The first-order chi connectivity index (χ1) is 14.6. The molecule has 0 unspecified atom stereocenters. The highest BCUT2D eigenvalue weighted by Crippen LogP contribution is 2.28. The van der Waals surface area contributed by atoms with E-state index in [0.717, 1.165) is 16.5 Å². The minimum atomic E-state index is -3.71. The first-order valence-corrected chi connectivity index (χ1v) is 11.1. The van der Waals surface area contributed by atoms with E-state index in [9.17, 15) is 13.2 Å². The number of para-hydroxylation sites is 1. The van der Waals surface area contributed by atoms with Gasteiger partial charge < -0.3 is 10.3 Å². The summed E-state index contributed by atoms with van der Waals surface area (Å²) in [5.41, 5.74) is 2.36. The Morgan fingerprint density at radius 3 is 2.53 bits per heavy atom. The molecule has 1 amide bonds. The van der Waals surface area contributed by atoms with Crippen molar-refractivity contribution in [3.05, 3.63) is 96.4 Å². The highest BCUT2D eigenvalue weighted by Gasteiger charge is 2.29. The van der Waals surface area contributed by atoms with Crippen LogP contribution in [-0.2, 0) is 21.1 Å². The molecular formula is C23H21N3O3S. The molecule has 7 heteroatoms. The number of nitrogens with one attached hydrogen (secondary N) is 2. The quantitative estimate of drug-likeness (QED) is 0.480. The normalized spacial score (nSPS) is 12.5. The number of H-pyrrole nitrogens is 1. The fraction of sp³-hybridized carbons (Fsp3) is 0.130. The summed E-state index contributed by atoms with van der Waals surface area (Å²) < 4.78 is 26.5. The predicted molar refractivity (Wildman–Crippen MR) is 116 cm³/mol. The van der Waals surface area contributed by atoms with Crippen molar-refractivity contribution in [3.8, 4) is 0 Å². The molecule has 0 aliphatic rings. The summed E-state index contributed by atoms with van der Waals surface area (Å²) in [5.74, 6) is -0.239. The summed E-state index contributed by atoms with van der Waals surface area (Å²) in [7, 11) is -3.71. The van der Waals surface area contributed by atoms with Crippen molar-refractivity contribution in [3.63, 3.8) is 0 Å². The zero-order chi connectivity index (χ0) is 21.0. The topological polar surface area (TPSA) is 91.9 Å². The second-order valence-corrected chi connectivity index (χ2v) is 9.10. The van der Waals surface area contributed by atoms with E-state index in [1.165, 1.54) is 6.20 Å². The number of hydrogen-bond acceptors (Lipinski definition) is 4. The fourth-order valence-corrected chi connectivity index (χ4v) is 5.13. The fourth-order valence-electron chi connectivity index (χ4n) is 3.47. The Balaban J connectivity index is 1.54. The molecule has 0 radical (unpaired) electrons. The van der Waals surface area contributed by atoms with E-state index in [2.05, 4.69) is 15.3 Å². The van der Waals surface area contributed by atoms with E-state index in [0.29, 0.717) is 5.56 Å². The van der Waals surface area contributed by atoms with Crippen LogP contribution in [0.1, 0.15) is 16.4 Å². The van der Waals surface area contributed by atoms with Crippen molar-refractivity contribution < 1.29 is 13.2 Å². The van der Waals surface area contributed by atoms with Crippen molar-refractivity contribution in [2.45, 2.75) is 16.6 Å². The van der Waals surface area contributed by atoms with Crippen molar-refractivity contribution in [1.82, 2.24) is 15.3 Å².